The van der Waals surface area contributed by atoms with Gasteiger partial charge in [0.05, 0.1) is 28.7 Å². The van der Waals surface area contributed by atoms with Crippen molar-refractivity contribution in [1.82, 2.24) is 5.32 Å². The second-order valence-corrected chi connectivity index (χ2v) is 9.53. The number of aryl methyl sites for hydroxylation is 1. The number of hydrogen-bond acceptors (Lipinski definition) is 5. The molecule has 0 fully saturated rings. The van der Waals surface area contributed by atoms with Crippen molar-refractivity contribution in [2.24, 2.45) is 0 Å². The van der Waals surface area contributed by atoms with E-state index in [0.29, 0.717) is 24.7 Å². The molecule has 0 radical (unpaired) electrons. The lowest BCUT2D eigenvalue weighted by atomic mass is 10.1. The molecule has 34 heavy (non-hydrogen) atoms. The van der Waals surface area contributed by atoms with Crippen molar-refractivity contribution < 1.29 is 22.7 Å². The Morgan fingerprint density at radius 2 is 1.59 bits per heavy atom. The zero-order valence-corrected chi connectivity index (χ0v) is 20.8. The molecule has 0 aliphatic heterocycles. The van der Waals surface area contributed by atoms with Gasteiger partial charge in [-0.05, 0) is 68.8 Å². The molecule has 0 unspecified atom stereocenters. The van der Waals surface area contributed by atoms with Gasteiger partial charge in [0.1, 0.15) is 0 Å². The number of halogens is 1. The number of carbonyl (C=O) groups is 1. The Balaban J connectivity index is 1.74. The van der Waals surface area contributed by atoms with Gasteiger partial charge in [-0.3, -0.25) is 9.52 Å². The van der Waals surface area contributed by atoms with Crippen molar-refractivity contribution >= 4 is 33.2 Å². The molecule has 0 heterocycles. The summed E-state index contributed by atoms with van der Waals surface area (Å²) in [5.74, 6) is 0.797. The molecule has 0 atom stereocenters. The highest BCUT2D eigenvalue weighted by atomic mass is 35.5. The van der Waals surface area contributed by atoms with E-state index in [-0.39, 0.29) is 27.7 Å². The van der Waals surface area contributed by atoms with Crippen LogP contribution in [0.3, 0.4) is 0 Å². The Morgan fingerprint density at radius 1 is 0.912 bits per heavy atom. The van der Waals surface area contributed by atoms with E-state index in [1.165, 1.54) is 30.3 Å². The SMILES string of the molecule is CCOc1ccc(CNC(=O)c2cc(NS(=O)(=O)c3ccc(C)cc3)ccc2Cl)cc1OCC. The van der Waals surface area contributed by atoms with Crippen molar-refractivity contribution in [2.75, 3.05) is 17.9 Å². The molecule has 9 heteroatoms. The van der Waals surface area contributed by atoms with Crippen LogP contribution in [0.5, 0.6) is 11.5 Å². The first-order valence-electron chi connectivity index (χ1n) is 10.8. The van der Waals surface area contributed by atoms with Gasteiger partial charge in [0, 0.05) is 12.2 Å². The fourth-order valence-corrected chi connectivity index (χ4v) is 4.43. The van der Waals surface area contributed by atoms with E-state index in [0.717, 1.165) is 11.1 Å². The fourth-order valence-electron chi connectivity index (χ4n) is 3.18. The maximum atomic E-state index is 12.8. The van der Waals surface area contributed by atoms with E-state index < -0.39 is 15.9 Å². The van der Waals surface area contributed by atoms with Crippen molar-refractivity contribution in [3.63, 3.8) is 0 Å². The van der Waals surface area contributed by atoms with Gasteiger partial charge in [0.15, 0.2) is 11.5 Å². The summed E-state index contributed by atoms with van der Waals surface area (Å²) in [7, 11) is -3.81. The zero-order valence-electron chi connectivity index (χ0n) is 19.2. The third kappa shape index (κ3) is 6.42. The minimum atomic E-state index is -3.81. The second-order valence-electron chi connectivity index (χ2n) is 7.44. The average molecular weight is 503 g/mol. The highest BCUT2D eigenvalue weighted by Gasteiger charge is 2.17. The van der Waals surface area contributed by atoms with Crippen LogP contribution in [0.15, 0.2) is 65.6 Å². The normalized spacial score (nSPS) is 11.1. The minimum Gasteiger partial charge on any atom is -0.490 e. The summed E-state index contributed by atoms with van der Waals surface area (Å²) >= 11 is 6.23. The van der Waals surface area contributed by atoms with E-state index in [4.69, 9.17) is 21.1 Å². The molecule has 0 bridgehead atoms. The Kier molecular flexibility index (Phi) is 8.41. The molecule has 0 aromatic heterocycles. The molecule has 7 nitrogen and oxygen atoms in total. The summed E-state index contributed by atoms with van der Waals surface area (Å²) in [5.41, 5.74) is 2.15. The molecule has 0 spiro atoms. The summed E-state index contributed by atoms with van der Waals surface area (Å²) in [4.78, 5) is 12.9. The van der Waals surface area contributed by atoms with Gasteiger partial charge in [0.2, 0.25) is 0 Å². The average Bonchev–Trinajstić information content (AvgIpc) is 2.80. The number of nitrogens with one attached hydrogen (secondary N) is 2. The van der Waals surface area contributed by atoms with Crippen LogP contribution in [0.25, 0.3) is 0 Å². The number of anilines is 1. The maximum Gasteiger partial charge on any atom is 0.261 e. The highest BCUT2D eigenvalue weighted by Crippen LogP contribution is 2.29. The Hall–Kier alpha value is -3.23. The molecule has 0 aliphatic carbocycles. The number of rotatable bonds is 10. The molecule has 3 rings (SSSR count). The summed E-state index contributed by atoms with van der Waals surface area (Å²) in [6.45, 7) is 6.87. The molecule has 0 saturated carbocycles. The summed E-state index contributed by atoms with van der Waals surface area (Å²) in [5, 5.41) is 3.01. The molecule has 0 saturated heterocycles. The summed E-state index contributed by atoms with van der Waals surface area (Å²) in [6, 6.07) is 16.3. The first-order chi connectivity index (χ1) is 16.2. The minimum absolute atomic E-state index is 0.125. The van der Waals surface area contributed by atoms with Gasteiger partial charge in [-0.25, -0.2) is 8.42 Å². The van der Waals surface area contributed by atoms with Crippen LogP contribution in [-0.2, 0) is 16.6 Å². The number of carbonyl (C=O) groups excluding carboxylic acids is 1. The maximum absolute atomic E-state index is 12.8. The van der Waals surface area contributed by atoms with Gasteiger partial charge in [-0.15, -0.1) is 0 Å². The van der Waals surface area contributed by atoms with E-state index in [1.54, 1.807) is 18.2 Å². The molecule has 3 aromatic rings. The third-order valence-electron chi connectivity index (χ3n) is 4.86. The molecule has 0 aliphatic rings. The standard InChI is InChI=1S/C25H27ClN2O5S/c1-4-32-23-13-8-18(14-24(23)33-5-2)16-27-25(29)21-15-19(9-12-22(21)26)28-34(30,31)20-10-6-17(3)7-11-20/h6-15,28H,4-5,16H2,1-3H3,(H,27,29). The van der Waals surface area contributed by atoms with E-state index in [9.17, 15) is 13.2 Å². The van der Waals surface area contributed by atoms with Crippen LogP contribution >= 0.6 is 11.6 Å². The molecule has 180 valence electrons. The first kappa shape index (κ1) is 25.4. The fraction of sp³-hybridized carbons (Fsp3) is 0.240. The zero-order chi connectivity index (χ0) is 24.7. The van der Waals surface area contributed by atoms with Gasteiger partial charge in [0.25, 0.3) is 15.9 Å². The smallest absolute Gasteiger partial charge is 0.261 e. The van der Waals surface area contributed by atoms with E-state index >= 15 is 0 Å². The first-order valence-corrected chi connectivity index (χ1v) is 12.7. The Labute approximate surface area is 205 Å². The number of ether oxygens (including phenoxy) is 2. The number of amides is 1. The number of sulfonamides is 1. The van der Waals surface area contributed by atoms with Gasteiger partial charge >= 0.3 is 0 Å². The monoisotopic (exact) mass is 502 g/mol. The molecular weight excluding hydrogens is 476 g/mol. The van der Waals surface area contributed by atoms with Crippen LogP contribution in [-0.4, -0.2) is 27.5 Å². The predicted octanol–water partition coefficient (Wildman–Crippen LogP) is 5.18. The molecule has 3 aromatic carbocycles. The highest BCUT2D eigenvalue weighted by molar-refractivity contribution is 7.92. The van der Waals surface area contributed by atoms with Crippen LogP contribution in [0.4, 0.5) is 5.69 Å². The van der Waals surface area contributed by atoms with Crippen LogP contribution in [0, 0.1) is 6.92 Å². The van der Waals surface area contributed by atoms with Gasteiger partial charge < -0.3 is 14.8 Å². The van der Waals surface area contributed by atoms with Crippen molar-refractivity contribution in [2.45, 2.75) is 32.2 Å². The molecule has 1 amide bonds. The third-order valence-corrected chi connectivity index (χ3v) is 6.58. The summed E-state index contributed by atoms with van der Waals surface area (Å²) < 4.78 is 39.0. The molecule has 2 N–H and O–H groups in total. The second kappa shape index (κ2) is 11.3. The topological polar surface area (TPSA) is 93.7 Å². The number of benzene rings is 3. The van der Waals surface area contributed by atoms with Crippen molar-refractivity contribution in [3.8, 4) is 11.5 Å². The van der Waals surface area contributed by atoms with E-state index in [1.807, 2.05) is 32.9 Å². The van der Waals surface area contributed by atoms with Crippen molar-refractivity contribution in [3.05, 3.63) is 82.4 Å². The van der Waals surface area contributed by atoms with Crippen LogP contribution in [0.1, 0.15) is 35.3 Å². The lowest BCUT2D eigenvalue weighted by Gasteiger charge is -2.14. The van der Waals surface area contributed by atoms with E-state index in [2.05, 4.69) is 10.0 Å². The molecular formula is C25H27ClN2O5S. The lowest BCUT2D eigenvalue weighted by molar-refractivity contribution is 0.0951. The summed E-state index contributed by atoms with van der Waals surface area (Å²) in [6.07, 6.45) is 0. The largest absolute Gasteiger partial charge is 0.490 e. The van der Waals surface area contributed by atoms with Crippen LogP contribution < -0.4 is 19.5 Å². The van der Waals surface area contributed by atoms with Crippen molar-refractivity contribution in [1.29, 1.82) is 0 Å². The quantitative estimate of drug-likeness (QED) is 0.398. The Bertz CT molecular complexity index is 1260. The predicted molar refractivity (Wildman–Crippen MR) is 133 cm³/mol. The van der Waals surface area contributed by atoms with Crippen LogP contribution in [0.2, 0.25) is 5.02 Å². The van der Waals surface area contributed by atoms with Gasteiger partial charge in [-0.2, -0.15) is 0 Å². The number of hydrogen-bond donors (Lipinski definition) is 2. The van der Waals surface area contributed by atoms with Gasteiger partial charge in [-0.1, -0.05) is 35.4 Å². The lowest BCUT2D eigenvalue weighted by Crippen LogP contribution is -2.23. The Morgan fingerprint density at radius 3 is 2.26 bits per heavy atom.